The first-order chi connectivity index (χ1) is 10.3. The second kappa shape index (κ2) is 5.81. The number of nitrogens with one attached hydrogen (secondary N) is 1. The van der Waals surface area contributed by atoms with Gasteiger partial charge in [-0.25, -0.2) is 4.79 Å². The molecule has 4 nitrogen and oxygen atoms in total. The minimum absolute atomic E-state index is 0.0822. The lowest BCUT2D eigenvalue weighted by atomic mass is 10.1. The molecule has 0 aliphatic carbocycles. The Bertz CT molecular complexity index is 645. The van der Waals surface area contributed by atoms with Gasteiger partial charge >= 0.3 is 6.03 Å². The van der Waals surface area contributed by atoms with E-state index in [1.807, 2.05) is 60.7 Å². The van der Waals surface area contributed by atoms with Gasteiger partial charge in [-0.3, -0.25) is 4.90 Å². The molecule has 0 fully saturated rings. The Kier molecular flexibility index (Phi) is 3.71. The number of hydrogen-bond donors (Lipinski definition) is 2. The van der Waals surface area contributed by atoms with Crippen molar-refractivity contribution in [3.63, 3.8) is 0 Å². The summed E-state index contributed by atoms with van der Waals surface area (Å²) in [4.78, 5) is 14.2. The number of aliphatic hydroxyl groups is 1. The summed E-state index contributed by atoms with van der Waals surface area (Å²) in [5.41, 5.74) is 3.61. The van der Waals surface area contributed by atoms with Gasteiger partial charge in [0.25, 0.3) is 0 Å². The third-order valence-electron chi connectivity index (χ3n) is 3.39. The van der Waals surface area contributed by atoms with E-state index in [9.17, 15) is 4.79 Å². The van der Waals surface area contributed by atoms with Crippen LogP contribution in [0.3, 0.4) is 0 Å². The average molecular weight is 280 g/mol. The number of nitrogens with zero attached hydrogens (tertiary/aromatic N) is 1. The van der Waals surface area contributed by atoms with Crippen LogP contribution in [0.15, 0.2) is 48.5 Å². The first-order valence-corrected chi connectivity index (χ1v) is 6.86. The van der Waals surface area contributed by atoms with E-state index in [1.165, 1.54) is 0 Å². The highest BCUT2D eigenvalue weighted by molar-refractivity contribution is 6.05. The van der Waals surface area contributed by atoms with Gasteiger partial charge in [0, 0.05) is 6.54 Å². The summed E-state index contributed by atoms with van der Waals surface area (Å²) in [5, 5.41) is 11.6. The molecule has 1 aliphatic heterocycles. The lowest BCUT2D eigenvalue weighted by molar-refractivity contribution is 0.241. The predicted molar refractivity (Wildman–Crippen MR) is 84.4 cm³/mol. The Labute approximate surface area is 123 Å². The van der Waals surface area contributed by atoms with Gasteiger partial charge in [0.15, 0.2) is 0 Å². The molecule has 0 spiro atoms. The SMILES string of the molecule is O=C(NCCO)N1c2ccccc2C=Cc2ccccc21. The van der Waals surface area contributed by atoms with Gasteiger partial charge in [0.1, 0.15) is 0 Å². The molecule has 0 saturated heterocycles. The minimum Gasteiger partial charge on any atom is -0.395 e. The van der Waals surface area contributed by atoms with Crippen molar-refractivity contribution in [1.82, 2.24) is 5.32 Å². The molecule has 2 aromatic carbocycles. The molecule has 21 heavy (non-hydrogen) atoms. The fourth-order valence-electron chi connectivity index (χ4n) is 2.43. The highest BCUT2D eigenvalue weighted by Crippen LogP contribution is 2.35. The third kappa shape index (κ3) is 2.53. The van der Waals surface area contributed by atoms with Crippen LogP contribution in [0.1, 0.15) is 11.1 Å². The summed E-state index contributed by atoms with van der Waals surface area (Å²) in [5.74, 6) is 0. The minimum atomic E-state index is -0.243. The maximum atomic E-state index is 12.5. The third-order valence-corrected chi connectivity index (χ3v) is 3.39. The zero-order valence-electron chi connectivity index (χ0n) is 11.5. The molecule has 0 aromatic heterocycles. The number of aliphatic hydroxyl groups excluding tert-OH is 1. The summed E-state index contributed by atoms with van der Waals surface area (Å²) in [7, 11) is 0. The number of amides is 2. The molecule has 3 rings (SSSR count). The number of rotatable bonds is 2. The molecule has 1 heterocycles. The van der Waals surface area contributed by atoms with Crippen LogP contribution in [0.5, 0.6) is 0 Å². The number of para-hydroxylation sites is 2. The molecule has 2 aromatic rings. The van der Waals surface area contributed by atoms with Crippen LogP contribution < -0.4 is 10.2 Å². The van der Waals surface area contributed by atoms with Crippen LogP contribution in [0.4, 0.5) is 16.2 Å². The van der Waals surface area contributed by atoms with Crippen molar-refractivity contribution in [2.45, 2.75) is 0 Å². The van der Waals surface area contributed by atoms with Crippen molar-refractivity contribution in [1.29, 1.82) is 0 Å². The largest absolute Gasteiger partial charge is 0.395 e. The monoisotopic (exact) mass is 280 g/mol. The Morgan fingerprint density at radius 1 is 0.952 bits per heavy atom. The molecular weight excluding hydrogens is 264 g/mol. The van der Waals surface area contributed by atoms with Crippen LogP contribution >= 0.6 is 0 Å². The van der Waals surface area contributed by atoms with Crippen LogP contribution in [-0.4, -0.2) is 24.3 Å². The topological polar surface area (TPSA) is 52.6 Å². The maximum Gasteiger partial charge on any atom is 0.326 e. The lowest BCUT2D eigenvalue weighted by Crippen LogP contribution is -2.38. The van der Waals surface area contributed by atoms with E-state index >= 15 is 0 Å². The molecular formula is C17H16N2O2. The number of anilines is 2. The molecule has 4 heteroatoms. The van der Waals surface area contributed by atoms with Crippen molar-refractivity contribution < 1.29 is 9.90 Å². The Hall–Kier alpha value is -2.59. The Balaban J connectivity index is 2.12. The molecule has 106 valence electrons. The lowest BCUT2D eigenvalue weighted by Gasteiger charge is -2.25. The predicted octanol–water partition coefficient (Wildman–Crippen LogP) is 3.01. The van der Waals surface area contributed by atoms with Gasteiger partial charge < -0.3 is 10.4 Å². The second-order valence-electron chi connectivity index (χ2n) is 4.74. The molecule has 2 N–H and O–H groups in total. The van der Waals surface area contributed by atoms with E-state index in [2.05, 4.69) is 5.32 Å². The van der Waals surface area contributed by atoms with E-state index in [4.69, 9.17) is 5.11 Å². The van der Waals surface area contributed by atoms with Crippen LogP contribution in [-0.2, 0) is 0 Å². The highest BCUT2D eigenvalue weighted by atomic mass is 16.3. The molecule has 0 atom stereocenters. The summed E-state index contributed by atoms with van der Waals surface area (Å²) in [6, 6.07) is 15.3. The standard InChI is InChI=1S/C17H16N2O2/c20-12-11-18-17(21)19-15-7-3-1-5-13(15)9-10-14-6-2-4-8-16(14)19/h1-10,20H,11-12H2,(H,18,21). The molecule has 1 aliphatic rings. The van der Waals surface area contributed by atoms with Gasteiger partial charge in [-0.05, 0) is 23.3 Å². The van der Waals surface area contributed by atoms with Gasteiger partial charge in [0.05, 0.1) is 18.0 Å². The summed E-state index contributed by atoms with van der Waals surface area (Å²) < 4.78 is 0. The van der Waals surface area contributed by atoms with Gasteiger partial charge in [-0.1, -0.05) is 48.6 Å². The van der Waals surface area contributed by atoms with E-state index in [0.717, 1.165) is 22.5 Å². The van der Waals surface area contributed by atoms with Gasteiger partial charge in [-0.2, -0.15) is 0 Å². The normalized spacial score (nSPS) is 12.3. The number of carbonyl (C=O) groups excluding carboxylic acids is 1. The van der Waals surface area contributed by atoms with E-state index in [1.54, 1.807) is 4.90 Å². The van der Waals surface area contributed by atoms with Crippen molar-refractivity contribution in [2.75, 3.05) is 18.1 Å². The highest BCUT2D eigenvalue weighted by Gasteiger charge is 2.23. The number of fused-ring (bicyclic) bond motifs is 2. The molecule has 0 saturated carbocycles. The molecule has 2 amide bonds. The molecule has 0 bridgehead atoms. The average Bonchev–Trinajstić information content (AvgIpc) is 2.69. The van der Waals surface area contributed by atoms with E-state index in [-0.39, 0.29) is 19.2 Å². The van der Waals surface area contributed by atoms with Crippen molar-refractivity contribution >= 4 is 29.6 Å². The van der Waals surface area contributed by atoms with Crippen LogP contribution in [0.25, 0.3) is 12.2 Å². The van der Waals surface area contributed by atoms with Crippen molar-refractivity contribution in [3.8, 4) is 0 Å². The van der Waals surface area contributed by atoms with Crippen molar-refractivity contribution in [3.05, 3.63) is 59.7 Å². The fraction of sp³-hybridized carbons (Fsp3) is 0.118. The van der Waals surface area contributed by atoms with Gasteiger partial charge in [0.2, 0.25) is 0 Å². The summed E-state index contributed by atoms with van der Waals surface area (Å²) in [6.45, 7) is 0.147. The maximum absolute atomic E-state index is 12.5. The number of carbonyl (C=O) groups is 1. The zero-order chi connectivity index (χ0) is 14.7. The first-order valence-electron chi connectivity index (χ1n) is 6.86. The molecule has 0 radical (unpaired) electrons. The quantitative estimate of drug-likeness (QED) is 0.888. The zero-order valence-corrected chi connectivity index (χ0v) is 11.5. The number of urea groups is 1. The number of hydrogen-bond acceptors (Lipinski definition) is 2. The summed E-state index contributed by atoms with van der Waals surface area (Å²) >= 11 is 0. The van der Waals surface area contributed by atoms with Gasteiger partial charge in [-0.15, -0.1) is 0 Å². The van der Waals surface area contributed by atoms with Crippen molar-refractivity contribution in [2.24, 2.45) is 0 Å². The fourth-order valence-corrected chi connectivity index (χ4v) is 2.43. The first kappa shape index (κ1) is 13.4. The Morgan fingerprint density at radius 3 is 2.00 bits per heavy atom. The number of benzene rings is 2. The van der Waals surface area contributed by atoms with Crippen LogP contribution in [0.2, 0.25) is 0 Å². The smallest absolute Gasteiger partial charge is 0.326 e. The molecule has 0 unspecified atom stereocenters. The van der Waals surface area contributed by atoms with E-state index in [0.29, 0.717) is 0 Å². The second-order valence-corrected chi connectivity index (χ2v) is 4.74. The summed E-state index contributed by atoms with van der Waals surface area (Å²) in [6.07, 6.45) is 4.01. The van der Waals surface area contributed by atoms with Crippen LogP contribution in [0, 0.1) is 0 Å². The van der Waals surface area contributed by atoms with E-state index < -0.39 is 0 Å². The Morgan fingerprint density at radius 2 is 1.48 bits per heavy atom.